The summed E-state index contributed by atoms with van der Waals surface area (Å²) in [6.07, 6.45) is 2.79. The van der Waals surface area contributed by atoms with Gasteiger partial charge in [0.2, 0.25) is 5.91 Å². The van der Waals surface area contributed by atoms with Crippen LogP contribution in [0.4, 0.5) is 0 Å². The molecular formula is C21H21NO3. The van der Waals surface area contributed by atoms with Crippen LogP contribution in [0.15, 0.2) is 47.1 Å². The molecule has 0 radical (unpaired) electrons. The Bertz CT molecular complexity index is 941. The Morgan fingerprint density at radius 1 is 1.20 bits per heavy atom. The van der Waals surface area contributed by atoms with Gasteiger partial charge in [-0.25, -0.2) is 0 Å². The van der Waals surface area contributed by atoms with E-state index in [2.05, 4.69) is 25.2 Å². The van der Waals surface area contributed by atoms with Crippen LogP contribution in [0, 0.1) is 13.8 Å². The largest absolute Gasteiger partial charge is 0.493 e. The van der Waals surface area contributed by atoms with E-state index in [-0.39, 0.29) is 11.9 Å². The molecule has 25 heavy (non-hydrogen) atoms. The molecule has 128 valence electrons. The van der Waals surface area contributed by atoms with Crippen molar-refractivity contribution in [3.8, 4) is 5.75 Å². The first-order chi connectivity index (χ1) is 12.1. The number of carbonyl (C=O) groups excluding carboxylic acids is 1. The molecule has 0 aliphatic carbocycles. The van der Waals surface area contributed by atoms with Crippen LogP contribution in [0.2, 0.25) is 0 Å². The molecule has 4 heteroatoms. The topological polar surface area (TPSA) is 51.5 Å². The monoisotopic (exact) mass is 335 g/mol. The van der Waals surface area contributed by atoms with E-state index < -0.39 is 0 Å². The Balaban J connectivity index is 1.53. The van der Waals surface area contributed by atoms with E-state index in [9.17, 15) is 4.79 Å². The maximum absolute atomic E-state index is 12.6. The van der Waals surface area contributed by atoms with E-state index in [0.717, 1.165) is 34.3 Å². The summed E-state index contributed by atoms with van der Waals surface area (Å²) in [7, 11) is 0. The third-order valence-corrected chi connectivity index (χ3v) is 4.91. The molecular weight excluding hydrogens is 314 g/mol. The molecule has 1 unspecified atom stereocenters. The van der Waals surface area contributed by atoms with Gasteiger partial charge in [-0.3, -0.25) is 4.79 Å². The minimum atomic E-state index is -0.000374. The lowest BCUT2D eigenvalue weighted by molar-refractivity contribution is -0.121. The maximum atomic E-state index is 12.6. The molecule has 0 saturated heterocycles. The fourth-order valence-electron chi connectivity index (χ4n) is 3.38. The summed E-state index contributed by atoms with van der Waals surface area (Å²) in [4.78, 5) is 12.6. The molecule has 0 fully saturated rings. The molecule has 0 saturated carbocycles. The van der Waals surface area contributed by atoms with Crippen LogP contribution in [0.1, 0.15) is 34.7 Å². The smallest absolute Gasteiger partial charge is 0.225 e. The lowest BCUT2D eigenvalue weighted by Crippen LogP contribution is -2.33. The number of furan rings is 1. The van der Waals surface area contributed by atoms with Gasteiger partial charge in [-0.05, 0) is 43.2 Å². The number of nitrogens with one attached hydrogen (secondary N) is 1. The van der Waals surface area contributed by atoms with E-state index in [1.54, 1.807) is 6.26 Å². The summed E-state index contributed by atoms with van der Waals surface area (Å²) >= 11 is 0. The van der Waals surface area contributed by atoms with Crippen LogP contribution >= 0.6 is 0 Å². The second-order valence-corrected chi connectivity index (χ2v) is 6.67. The number of aryl methyl sites for hydroxylation is 2. The van der Waals surface area contributed by atoms with E-state index in [1.807, 2.05) is 30.3 Å². The van der Waals surface area contributed by atoms with Crippen molar-refractivity contribution >= 4 is 16.9 Å². The molecule has 0 bridgehead atoms. The predicted molar refractivity (Wildman–Crippen MR) is 96.8 cm³/mol. The minimum Gasteiger partial charge on any atom is -0.493 e. The normalized spacial score (nSPS) is 16.3. The summed E-state index contributed by atoms with van der Waals surface area (Å²) in [6.45, 7) is 4.76. The quantitative estimate of drug-likeness (QED) is 0.779. The SMILES string of the molecule is Cc1cc2occ(CC(=O)NC3CCOc4ccccc43)c2cc1C. The van der Waals surface area contributed by atoms with E-state index >= 15 is 0 Å². The Hall–Kier alpha value is -2.75. The van der Waals surface area contributed by atoms with Gasteiger partial charge in [0, 0.05) is 22.9 Å². The van der Waals surface area contributed by atoms with Crippen molar-refractivity contribution in [3.63, 3.8) is 0 Å². The Morgan fingerprint density at radius 2 is 2.00 bits per heavy atom. The van der Waals surface area contributed by atoms with Crippen LogP contribution in [0.3, 0.4) is 0 Å². The first kappa shape index (κ1) is 15.8. The molecule has 1 aliphatic rings. The van der Waals surface area contributed by atoms with Crippen LogP contribution in [0.5, 0.6) is 5.75 Å². The third-order valence-electron chi connectivity index (χ3n) is 4.91. The molecule has 3 aromatic rings. The van der Waals surface area contributed by atoms with Crippen molar-refractivity contribution in [2.24, 2.45) is 0 Å². The number of amides is 1. The van der Waals surface area contributed by atoms with E-state index in [0.29, 0.717) is 13.0 Å². The van der Waals surface area contributed by atoms with Gasteiger partial charge in [-0.2, -0.15) is 0 Å². The summed E-state index contributed by atoms with van der Waals surface area (Å²) in [5.74, 6) is 0.863. The number of benzene rings is 2. The standard InChI is InChI=1S/C21H21NO3/c1-13-9-17-15(12-25-20(17)10-14(13)2)11-21(23)22-18-7-8-24-19-6-4-3-5-16(18)19/h3-6,9-10,12,18H,7-8,11H2,1-2H3,(H,22,23). The molecule has 1 atom stereocenters. The summed E-state index contributed by atoms with van der Waals surface area (Å²) in [5, 5.41) is 4.16. The number of ether oxygens (including phenoxy) is 1. The highest BCUT2D eigenvalue weighted by Gasteiger charge is 2.23. The number of carbonyl (C=O) groups is 1. The molecule has 1 aromatic heterocycles. The molecule has 1 N–H and O–H groups in total. The third kappa shape index (κ3) is 3.00. The Morgan fingerprint density at radius 3 is 2.88 bits per heavy atom. The highest BCUT2D eigenvalue weighted by molar-refractivity contribution is 5.88. The summed E-state index contributed by atoms with van der Waals surface area (Å²) in [5.41, 5.74) is 5.20. The van der Waals surface area contributed by atoms with Gasteiger partial charge in [-0.1, -0.05) is 18.2 Å². The van der Waals surface area contributed by atoms with Gasteiger partial charge in [0.1, 0.15) is 11.3 Å². The molecule has 4 rings (SSSR count). The first-order valence-corrected chi connectivity index (χ1v) is 8.60. The zero-order chi connectivity index (χ0) is 17.4. The first-order valence-electron chi connectivity index (χ1n) is 8.60. The summed E-state index contributed by atoms with van der Waals surface area (Å²) < 4.78 is 11.3. The highest BCUT2D eigenvalue weighted by Crippen LogP contribution is 2.32. The second kappa shape index (κ2) is 6.28. The molecule has 1 aliphatic heterocycles. The summed E-state index contributed by atoms with van der Waals surface area (Å²) in [6, 6.07) is 12.0. The van der Waals surface area contributed by atoms with Crippen LogP contribution in [-0.4, -0.2) is 12.5 Å². The van der Waals surface area contributed by atoms with Crippen molar-refractivity contribution in [2.75, 3.05) is 6.61 Å². The Kier molecular flexibility index (Phi) is 3.96. The molecule has 1 amide bonds. The van der Waals surface area contributed by atoms with Crippen molar-refractivity contribution in [1.82, 2.24) is 5.32 Å². The van der Waals surface area contributed by atoms with Gasteiger partial charge in [-0.15, -0.1) is 0 Å². The van der Waals surface area contributed by atoms with Crippen LogP contribution in [-0.2, 0) is 11.2 Å². The number of hydrogen-bond acceptors (Lipinski definition) is 3. The highest BCUT2D eigenvalue weighted by atomic mass is 16.5. The number of para-hydroxylation sites is 1. The fourth-order valence-corrected chi connectivity index (χ4v) is 3.38. The zero-order valence-corrected chi connectivity index (χ0v) is 14.5. The molecule has 4 nitrogen and oxygen atoms in total. The van der Waals surface area contributed by atoms with E-state index in [4.69, 9.17) is 9.15 Å². The van der Waals surface area contributed by atoms with Crippen molar-refractivity contribution < 1.29 is 13.9 Å². The van der Waals surface area contributed by atoms with Crippen molar-refractivity contribution in [3.05, 3.63) is 64.9 Å². The number of rotatable bonds is 3. The second-order valence-electron chi connectivity index (χ2n) is 6.67. The minimum absolute atomic E-state index is 0.000374. The maximum Gasteiger partial charge on any atom is 0.225 e. The van der Waals surface area contributed by atoms with Crippen LogP contribution in [0.25, 0.3) is 11.0 Å². The average molecular weight is 335 g/mol. The van der Waals surface area contributed by atoms with Crippen molar-refractivity contribution in [2.45, 2.75) is 32.7 Å². The van der Waals surface area contributed by atoms with E-state index in [1.165, 1.54) is 11.1 Å². The number of fused-ring (bicyclic) bond motifs is 2. The molecule has 2 aromatic carbocycles. The van der Waals surface area contributed by atoms with Gasteiger partial charge >= 0.3 is 0 Å². The average Bonchev–Trinajstić information content (AvgIpc) is 2.97. The van der Waals surface area contributed by atoms with Gasteiger partial charge in [0.25, 0.3) is 0 Å². The van der Waals surface area contributed by atoms with Crippen molar-refractivity contribution in [1.29, 1.82) is 0 Å². The predicted octanol–water partition coefficient (Wildman–Crippen LogP) is 4.23. The fraction of sp³-hybridized carbons (Fsp3) is 0.286. The molecule has 0 spiro atoms. The lowest BCUT2D eigenvalue weighted by Gasteiger charge is -2.26. The van der Waals surface area contributed by atoms with Gasteiger partial charge in [0.05, 0.1) is 25.3 Å². The number of hydrogen-bond donors (Lipinski definition) is 1. The molecule has 2 heterocycles. The van der Waals surface area contributed by atoms with Crippen LogP contribution < -0.4 is 10.1 Å². The van der Waals surface area contributed by atoms with Gasteiger partial charge in [0.15, 0.2) is 0 Å². The lowest BCUT2D eigenvalue weighted by atomic mass is 10.00. The van der Waals surface area contributed by atoms with Gasteiger partial charge < -0.3 is 14.5 Å². The Labute approximate surface area is 146 Å². The zero-order valence-electron chi connectivity index (χ0n) is 14.5.